The summed E-state index contributed by atoms with van der Waals surface area (Å²) in [5, 5.41) is 9.93. The van der Waals surface area contributed by atoms with Gasteiger partial charge in [0.1, 0.15) is 0 Å². The van der Waals surface area contributed by atoms with Crippen LogP contribution in [0.15, 0.2) is 18.3 Å². The lowest BCUT2D eigenvalue weighted by atomic mass is 10.2. The largest absolute Gasteiger partial charge is 0.401 e. The second kappa shape index (κ2) is 6.25. The summed E-state index contributed by atoms with van der Waals surface area (Å²) >= 11 is 0. The highest BCUT2D eigenvalue weighted by Crippen LogP contribution is 2.20. The molecule has 0 radical (unpaired) electrons. The minimum absolute atomic E-state index is 0.189. The van der Waals surface area contributed by atoms with Crippen LogP contribution in [0.5, 0.6) is 0 Å². The third-order valence-electron chi connectivity index (χ3n) is 3.24. The Morgan fingerprint density at radius 1 is 1.48 bits per heavy atom. The van der Waals surface area contributed by atoms with E-state index >= 15 is 0 Å². The van der Waals surface area contributed by atoms with E-state index in [4.69, 9.17) is 0 Å². The maximum Gasteiger partial charge on any atom is 0.401 e. The van der Waals surface area contributed by atoms with Gasteiger partial charge in [0.15, 0.2) is 5.82 Å². The van der Waals surface area contributed by atoms with Gasteiger partial charge in [0.05, 0.1) is 6.54 Å². The van der Waals surface area contributed by atoms with Gasteiger partial charge in [0.2, 0.25) is 0 Å². The van der Waals surface area contributed by atoms with Crippen LogP contribution in [-0.2, 0) is 0 Å². The third kappa shape index (κ3) is 4.55. The molecule has 1 aliphatic heterocycles. The maximum atomic E-state index is 12.4. The van der Waals surface area contributed by atoms with Crippen LogP contribution in [0.2, 0.25) is 0 Å². The summed E-state index contributed by atoms with van der Waals surface area (Å²) in [5.74, 6) is 0.313. The van der Waals surface area contributed by atoms with Crippen LogP contribution in [0.1, 0.15) is 6.92 Å². The molecule has 0 bridgehead atoms. The molecule has 0 aromatic carbocycles. The van der Waals surface area contributed by atoms with E-state index in [0.717, 1.165) is 0 Å². The average molecular weight is 303 g/mol. The standard InChI is InChI=1S/C12H16F3N5O/c1-9-7-19(5-6-20(9)8-12(13,14)15)11(21)17-10-3-2-4-16-18-10/h2-4,9H,5-8H2,1H3,(H,17,18,21). The van der Waals surface area contributed by atoms with Crippen molar-refractivity contribution in [1.29, 1.82) is 0 Å². The fraction of sp³-hybridized carbons (Fsp3) is 0.583. The minimum atomic E-state index is -4.22. The molecule has 1 aromatic rings. The van der Waals surface area contributed by atoms with Crippen LogP contribution < -0.4 is 5.32 Å². The Kier molecular flexibility index (Phi) is 4.61. The van der Waals surface area contributed by atoms with Gasteiger partial charge >= 0.3 is 12.2 Å². The van der Waals surface area contributed by atoms with Crippen molar-refractivity contribution < 1.29 is 18.0 Å². The van der Waals surface area contributed by atoms with Gasteiger partial charge in [-0.1, -0.05) is 0 Å². The number of carbonyl (C=O) groups excluding carboxylic acids is 1. The van der Waals surface area contributed by atoms with Gasteiger partial charge in [0.25, 0.3) is 0 Å². The van der Waals surface area contributed by atoms with Crippen LogP contribution in [0.25, 0.3) is 0 Å². The predicted octanol–water partition coefficient (Wildman–Crippen LogP) is 1.58. The lowest BCUT2D eigenvalue weighted by Crippen LogP contribution is -2.56. The van der Waals surface area contributed by atoms with Crippen LogP contribution in [-0.4, -0.2) is 64.4 Å². The molecule has 1 atom stereocenters. The Morgan fingerprint density at radius 2 is 2.24 bits per heavy atom. The lowest BCUT2D eigenvalue weighted by molar-refractivity contribution is -0.153. The Morgan fingerprint density at radius 3 is 2.81 bits per heavy atom. The van der Waals surface area contributed by atoms with E-state index in [2.05, 4.69) is 15.5 Å². The van der Waals surface area contributed by atoms with Gasteiger partial charge in [-0.25, -0.2) is 4.79 Å². The maximum absolute atomic E-state index is 12.4. The third-order valence-corrected chi connectivity index (χ3v) is 3.24. The Balaban J connectivity index is 1.88. The molecular formula is C12H16F3N5O. The zero-order chi connectivity index (χ0) is 15.5. The van der Waals surface area contributed by atoms with Crippen LogP contribution in [0.3, 0.4) is 0 Å². The molecule has 1 N–H and O–H groups in total. The number of nitrogens with one attached hydrogen (secondary N) is 1. The van der Waals surface area contributed by atoms with Crippen molar-refractivity contribution in [1.82, 2.24) is 20.0 Å². The molecule has 9 heteroatoms. The number of carbonyl (C=O) groups is 1. The summed E-state index contributed by atoms with van der Waals surface area (Å²) in [6.45, 7) is 1.39. The number of piperazine rings is 1. The van der Waals surface area contributed by atoms with Crippen molar-refractivity contribution in [2.45, 2.75) is 19.1 Å². The topological polar surface area (TPSA) is 61.4 Å². The summed E-state index contributed by atoms with van der Waals surface area (Å²) in [5.41, 5.74) is 0. The molecule has 2 amide bonds. The highest BCUT2D eigenvalue weighted by atomic mass is 19.4. The fourth-order valence-electron chi connectivity index (χ4n) is 2.20. The fourth-order valence-corrected chi connectivity index (χ4v) is 2.20. The van der Waals surface area contributed by atoms with Crippen molar-refractivity contribution >= 4 is 11.8 Å². The molecule has 116 valence electrons. The molecule has 0 saturated carbocycles. The molecule has 0 aliphatic carbocycles. The van der Waals surface area contributed by atoms with E-state index in [-0.39, 0.29) is 31.7 Å². The molecule has 21 heavy (non-hydrogen) atoms. The smallest absolute Gasteiger partial charge is 0.322 e. The number of amides is 2. The normalized spacial score (nSPS) is 20.4. The van der Waals surface area contributed by atoms with E-state index in [1.807, 2.05) is 0 Å². The Hall–Kier alpha value is -1.90. The summed E-state index contributed by atoms with van der Waals surface area (Å²) < 4.78 is 37.2. The summed E-state index contributed by atoms with van der Waals surface area (Å²) in [4.78, 5) is 14.8. The number of hydrogen-bond donors (Lipinski definition) is 1. The summed E-state index contributed by atoms with van der Waals surface area (Å²) in [6, 6.07) is 2.49. The number of anilines is 1. The quantitative estimate of drug-likeness (QED) is 0.901. The van der Waals surface area contributed by atoms with Crippen LogP contribution in [0, 0.1) is 0 Å². The first kappa shape index (κ1) is 15.5. The number of alkyl halides is 3. The van der Waals surface area contributed by atoms with E-state index in [1.165, 1.54) is 16.0 Å². The number of rotatable bonds is 2. The van der Waals surface area contributed by atoms with Gasteiger partial charge in [-0.2, -0.15) is 18.3 Å². The van der Waals surface area contributed by atoms with Crippen molar-refractivity contribution in [3.8, 4) is 0 Å². The van der Waals surface area contributed by atoms with Crippen molar-refractivity contribution in [3.05, 3.63) is 18.3 Å². The molecule has 1 saturated heterocycles. The van der Waals surface area contributed by atoms with Crippen molar-refractivity contribution in [3.63, 3.8) is 0 Å². The van der Waals surface area contributed by atoms with Gasteiger partial charge < -0.3 is 4.90 Å². The number of aromatic nitrogens is 2. The van der Waals surface area contributed by atoms with Gasteiger partial charge in [0, 0.05) is 31.9 Å². The second-order valence-electron chi connectivity index (χ2n) is 4.92. The molecule has 0 spiro atoms. The van der Waals surface area contributed by atoms with E-state index in [1.54, 1.807) is 19.1 Å². The monoisotopic (exact) mass is 303 g/mol. The summed E-state index contributed by atoms with van der Waals surface area (Å²) in [6.07, 6.45) is -2.74. The molecule has 1 fully saturated rings. The molecule has 6 nitrogen and oxygen atoms in total. The first-order valence-corrected chi connectivity index (χ1v) is 6.49. The highest BCUT2D eigenvalue weighted by Gasteiger charge is 2.35. The first-order valence-electron chi connectivity index (χ1n) is 6.49. The highest BCUT2D eigenvalue weighted by molar-refractivity contribution is 5.88. The van der Waals surface area contributed by atoms with Crippen LogP contribution >= 0.6 is 0 Å². The molecule has 1 aliphatic rings. The van der Waals surface area contributed by atoms with Crippen molar-refractivity contribution in [2.75, 3.05) is 31.5 Å². The number of urea groups is 1. The SMILES string of the molecule is CC1CN(C(=O)Nc2cccnn2)CCN1CC(F)(F)F. The van der Waals surface area contributed by atoms with Gasteiger partial charge in [-0.15, -0.1) is 5.10 Å². The Bertz CT molecular complexity index is 482. The number of hydrogen-bond acceptors (Lipinski definition) is 4. The molecule has 1 unspecified atom stereocenters. The molecule has 1 aromatic heterocycles. The first-order chi connectivity index (χ1) is 9.85. The zero-order valence-electron chi connectivity index (χ0n) is 11.5. The summed E-state index contributed by atoms with van der Waals surface area (Å²) in [7, 11) is 0. The average Bonchev–Trinajstić information content (AvgIpc) is 2.40. The zero-order valence-corrected chi connectivity index (χ0v) is 11.5. The predicted molar refractivity (Wildman–Crippen MR) is 69.7 cm³/mol. The molecule has 2 rings (SSSR count). The molecule has 2 heterocycles. The van der Waals surface area contributed by atoms with E-state index in [9.17, 15) is 18.0 Å². The number of nitrogens with zero attached hydrogens (tertiary/aromatic N) is 4. The second-order valence-corrected chi connectivity index (χ2v) is 4.92. The van der Waals surface area contributed by atoms with Crippen LogP contribution in [0.4, 0.5) is 23.8 Å². The van der Waals surface area contributed by atoms with Gasteiger partial charge in [-0.05, 0) is 19.1 Å². The van der Waals surface area contributed by atoms with E-state index in [0.29, 0.717) is 5.82 Å². The Labute approximate surface area is 119 Å². The minimum Gasteiger partial charge on any atom is -0.322 e. The van der Waals surface area contributed by atoms with Crippen molar-refractivity contribution in [2.24, 2.45) is 0 Å². The van der Waals surface area contributed by atoms with E-state index < -0.39 is 12.7 Å². The number of halogens is 3. The lowest BCUT2D eigenvalue weighted by Gasteiger charge is -2.39. The molecular weight excluding hydrogens is 287 g/mol. The van der Waals surface area contributed by atoms with Gasteiger partial charge in [-0.3, -0.25) is 10.2 Å².